The summed E-state index contributed by atoms with van der Waals surface area (Å²) in [5, 5.41) is 12.8. The van der Waals surface area contributed by atoms with Crippen LogP contribution >= 0.6 is 0 Å². The molecular formula is C33H42O10S. The number of fused-ring (bicyclic) bond motifs is 2. The number of ether oxygens (including phenoxy) is 6. The lowest BCUT2D eigenvalue weighted by Crippen LogP contribution is -2.04. The molecule has 0 aliphatic rings. The maximum absolute atomic E-state index is 11.0. The van der Waals surface area contributed by atoms with Crippen LogP contribution in [-0.4, -0.2) is 75.7 Å². The lowest BCUT2D eigenvalue weighted by molar-refractivity contribution is 0.288. The molecule has 0 aliphatic heterocycles. The Morgan fingerprint density at radius 1 is 0.591 bits per heavy atom. The fourth-order valence-electron chi connectivity index (χ4n) is 4.93. The minimum absolute atomic E-state index is 0.173. The fourth-order valence-corrected chi connectivity index (χ4v) is 5.36. The summed E-state index contributed by atoms with van der Waals surface area (Å²) in [6, 6.07) is 16.0. The third-order valence-corrected chi connectivity index (χ3v) is 7.54. The van der Waals surface area contributed by atoms with Crippen molar-refractivity contribution in [3.8, 4) is 34.5 Å². The van der Waals surface area contributed by atoms with Gasteiger partial charge in [-0.3, -0.25) is 4.18 Å². The van der Waals surface area contributed by atoms with Gasteiger partial charge in [0.25, 0.3) is 10.1 Å². The molecule has 0 saturated heterocycles. The van der Waals surface area contributed by atoms with Gasteiger partial charge in [0.05, 0.1) is 55.5 Å². The molecule has 0 radical (unpaired) electrons. The molecule has 1 N–H and O–H groups in total. The first-order valence-corrected chi connectivity index (χ1v) is 15.8. The van der Waals surface area contributed by atoms with Gasteiger partial charge >= 0.3 is 0 Å². The lowest BCUT2D eigenvalue weighted by atomic mass is 10.0. The Morgan fingerprint density at radius 3 is 1.39 bits per heavy atom. The molecule has 0 aliphatic carbocycles. The normalized spacial score (nSPS) is 11.1. The maximum Gasteiger partial charge on any atom is 0.264 e. The Kier molecular flexibility index (Phi) is 12.7. The van der Waals surface area contributed by atoms with Crippen molar-refractivity contribution < 1.29 is 46.1 Å². The van der Waals surface area contributed by atoms with E-state index in [2.05, 4.69) is 6.07 Å². The van der Waals surface area contributed by atoms with Crippen LogP contribution in [0.4, 0.5) is 0 Å². The van der Waals surface area contributed by atoms with Crippen molar-refractivity contribution in [3.05, 3.63) is 59.7 Å². The first kappa shape index (κ1) is 34.6. The molecule has 0 spiro atoms. The Morgan fingerprint density at radius 2 is 1.02 bits per heavy atom. The highest BCUT2D eigenvalue weighted by atomic mass is 32.2. The molecule has 4 aromatic carbocycles. The van der Waals surface area contributed by atoms with E-state index in [1.165, 1.54) is 5.56 Å². The van der Waals surface area contributed by atoms with E-state index in [1.54, 1.807) is 42.7 Å². The fraction of sp³-hybridized carbons (Fsp3) is 0.394. The summed E-state index contributed by atoms with van der Waals surface area (Å²) in [7, 11) is 6.19. The van der Waals surface area contributed by atoms with E-state index in [0.717, 1.165) is 46.2 Å². The van der Waals surface area contributed by atoms with Gasteiger partial charge in [0.1, 0.15) is 0 Å². The van der Waals surface area contributed by atoms with Crippen molar-refractivity contribution in [2.75, 3.05) is 62.1 Å². The molecule has 0 aromatic heterocycles. The van der Waals surface area contributed by atoms with Crippen molar-refractivity contribution in [1.82, 2.24) is 0 Å². The Hall–Kier alpha value is -3.93. The molecule has 0 heterocycles. The highest BCUT2D eigenvalue weighted by Crippen LogP contribution is 2.44. The van der Waals surface area contributed by atoms with E-state index < -0.39 is 10.1 Å². The topological polar surface area (TPSA) is 119 Å². The van der Waals surface area contributed by atoms with Crippen LogP contribution in [-0.2, 0) is 27.1 Å². The van der Waals surface area contributed by atoms with E-state index in [1.807, 2.05) is 42.5 Å². The Labute approximate surface area is 259 Å². The molecule has 0 amide bonds. The van der Waals surface area contributed by atoms with Crippen molar-refractivity contribution in [2.45, 2.75) is 25.7 Å². The zero-order chi connectivity index (χ0) is 32.3. The zero-order valence-electron chi connectivity index (χ0n) is 26.4. The van der Waals surface area contributed by atoms with E-state index in [0.29, 0.717) is 47.3 Å². The van der Waals surface area contributed by atoms with Gasteiger partial charge in [-0.1, -0.05) is 36.4 Å². The average molecular weight is 631 g/mol. The second kappa shape index (κ2) is 16.2. The predicted molar refractivity (Wildman–Crippen MR) is 172 cm³/mol. The van der Waals surface area contributed by atoms with E-state index in [-0.39, 0.29) is 13.2 Å². The van der Waals surface area contributed by atoms with Gasteiger partial charge in [0, 0.05) is 17.4 Å². The highest BCUT2D eigenvalue weighted by molar-refractivity contribution is 7.85. The van der Waals surface area contributed by atoms with Gasteiger partial charge in [-0.2, -0.15) is 8.42 Å². The van der Waals surface area contributed by atoms with Gasteiger partial charge < -0.3 is 33.5 Å². The molecular weight excluding hydrogens is 588 g/mol. The Bertz CT molecular complexity index is 1650. The third kappa shape index (κ3) is 8.58. The second-order valence-corrected chi connectivity index (χ2v) is 11.5. The largest absolute Gasteiger partial charge is 0.493 e. The van der Waals surface area contributed by atoms with Crippen LogP contribution < -0.4 is 28.4 Å². The minimum atomic E-state index is -3.39. The summed E-state index contributed by atoms with van der Waals surface area (Å²) in [5.41, 5.74) is 2.26. The van der Waals surface area contributed by atoms with Crippen molar-refractivity contribution in [1.29, 1.82) is 0 Å². The molecule has 4 aromatic rings. The molecule has 4 rings (SSSR count). The number of hydrogen-bond acceptors (Lipinski definition) is 10. The number of benzene rings is 4. The molecule has 10 nitrogen and oxygen atoms in total. The molecule has 44 heavy (non-hydrogen) atoms. The van der Waals surface area contributed by atoms with Gasteiger partial charge in [-0.15, -0.1) is 0 Å². The van der Waals surface area contributed by atoms with Crippen molar-refractivity contribution >= 4 is 31.7 Å². The number of aliphatic hydroxyl groups excluding tert-OH is 1. The number of rotatable bonds is 14. The summed E-state index contributed by atoms with van der Waals surface area (Å²) >= 11 is 0. The van der Waals surface area contributed by atoms with Crippen LogP contribution in [0, 0.1) is 0 Å². The summed E-state index contributed by atoms with van der Waals surface area (Å²) in [4.78, 5) is 0. The van der Waals surface area contributed by atoms with Crippen LogP contribution in [0.3, 0.4) is 0 Å². The second-order valence-electron chi connectivity index (χ2n) is 9.86. The Balaban J connectivity index is 0.000000244. The average Bonchev–Trinajstić information content (AvgIpc) is 3.03. The quantitative estimate of drug-likeness (QED) is 0.140. The maximum atomic E-state index is 11.0. The number of methoxy groups -OCH3 is 6. The third-order valence-electron chi connectivity index (χ3n) is 6.94. The number of aliphatic hydroxyl groups is 1. The standard InChI is InChI=1S/C17H22O6S.C16H20O4/c1-20-15-11-13-10-12(6-5-9-23-24(4,18)19)7-8-14(13)16(21-2)17(15)22-3;1-18-14-10-12-9-11(5-4-8-17)6-7-13(12)15(19-2)16(14)20-3/h7-8,10-11H,5-6,9H2,1-4H3;6-7,9-10,17H,4-5,8H2,1-3H3. The number of aryl methyl sites for hydroxylation is 2. The van der Waals surface area contributed by atoms with Crippen LogP contribution in [0.5, 0.6) is 34.5 Å². The molecule has 0 fully saturated rings. The molecule has 11 heteroatoms. The van der Waals surface area contributed by atoms with Gasteiger partial charge in [0.15, 0.2) is 23.0 Å². The minimum Gasteiger partial charge on any atom is -0.493 e. The monoisotopic (exact) mass is 630 g/mol. The van der Waals surface area contributed by atoms with Crippen LogP contribution in [0.15, 0.2) is 48.5 Å². The highest BCUT2D eigenvalue weighted by Gasteiger charge is 2.17. The van der Waals surface area contributed by atoms with E-state index in [9.17, 15) is 8.42 Å². The van der Waals surface area contributed by atoms with Crippen molar-refractivity contribution in [2.24, 2.45) is 0 Å². The van der Waals surface area contributed by atoms with E-state index >= 15 is 0 Å². The zero-order valence-corrected chi connectivity index (χ0v) is 27.2. The number of hydrogen-bond donors (Lipinski definition) is 1. The summed E-state index contributed by atoms with van der Waals surface area (Å²) in [5.74, 6) is 3.71. The molecule has 0 unspecified atom stereocenters. The first-order chi connectivity index (χ1) is 21.1. The van der Waals surface area contributed by atoms with Gasteiger partial charge in [0.2, 0.25) is 11.5 Å². The summed E-state index contributed by atoms with van der Waals surface area (Å²) in [6.45, 7) is 0.374. The van der Waals surface area contributed by atoms with Gasteiger partial charge in [-0.25, -0.2) is 0 Å². The predicted octanol–water partition coefficient (Wildman–Crippen LogP) is 5.56. The summed E-state index contributed by atoms with van der Waals surface area (Å²) in [6.07, 6.45) is 3.99. The van der Waals surface area contributed by atoms with Crippen molar-refractivity contribution in [3.63, 3.8) is 0 Å². The molecule has 0 bridgehead atoms. The van der Waals surface area contributed by atoms with Crippen LogP contribution in [0.2, 0.25) is 0 Å². The van der Waals surface area contributed by atoms with Crippen LogP contribution in [0.25, 0.3) is 21.5 Å². The SMILES string of the molecule is COc1cc2cc(CCCO)ccc2c(OC)c1OC.COc1cc2cc(CCCOS(C)(=O)=O)ccc2c(OC)c1OC. The lowest BCUT2D eigenvalue weighted by Gasteiger charge is -2.15. The molecule has 0 atom stereocenters. The van der Waals surface area contributed by atoms with Crippen LogP contribution in [0.1, 0.15) is 24.0 Å². The van der Waals surface area contributed by atoms with E-state index in [4.69, 9.17) is 37.7 Å². The molecule has 240 valence electrons. The molecule has 0 saturated carbocycles. The van der Waals surface area contributed by atoms with Gasteiger partial charge in [-0.05, 0) is 59.7 Å². The first-order valence-electron chi connectivity index (χ1n) is 14.0. The summed E-state index contributed by atoms with van der Waals surface area (Å²) < 4.78 is 59.1. The smallest absolute Gasteiger partial charge is 0.264 e.